The van der Waals surface area contributed by atoms with Gasteiger partial charge in [0.1, 0.15) is 5.82 Å². The predicted molar refractivity (Wildman–Crippen MR) is 74.4 cm³/mol. The second-order valence-electron chi connectivity index (χ2n) is 4.89. The summed E-state index contributed by atoms with van der Waals surface area (Å²) < 4.78 is 0. The molecule has 0 aliphatic heterocycles. The van der Waals surface area contributed by atoms with Gasteiger partial charge in [-0.1, -0.05) is 26.8 Å². The van der Waals surface area contributed by atoms with Gasteiger partial charge < -0.3 is 10.2 Å². The minimum absolute atomic E-state index is 0.497. The highest BCUT2D eigenvalue weighted by Crippen LogP contribution is 2.18. The van der Waals surface area contributed by atoms with E-state index in [-0.39, 0.29) is 0 Å². The molecule has 0 spiro atoms. The van der Waals surface area contributed by atoms with Crippen LogP contribution in [-0.2, 0) is 6.54 Å². The maximum atomic E-state index is 4.51. The van der Waals surface area contributed by atoms with Gasteiger partial charge in [0.05, 0.1) is 0 Å². The average Bonchev–Trinajstić information content (AvgIpc) is 2.34. The number of nitrogens with one attached hydrogen (secondary N) is 1. The van der Waals surface area contributed by atoms with Crippen LogP contribution >= 0.6 is 0 Å². The number of pyridine rings is 1. The van der Waals surface area contributed by atoms with E-state index in [4.69, 9.17) is 0 Å². The number of nitrogens with zero attached hydrogens (tertiary/aromatic N) is 2. The van der Waals surface area contributed by atoms with Gasteiger partial charge >= 0.3 is 0 Å². The molecule has 17 heavy (non-hydrogen) atoms. The Morgan fingerprint density at radius 3 is 2.65 bits per heavy atom. The fourth-order valence-corrected chi connectivity index (χ4v) is 1.68. The van der Waals surface area contributed by atoms with Crippen LogP contribution in [0.4, 0.5) is 5.82 Å². The molecule has 0 aliphatic carbocycles. The topological polar surface area (TPSA) is 28.2 Å². The Bertz CT molecular complexity index is 336. The van der Waals surface area contributed by atoms with E-state index in [1.165, 1.54) is 5.56 Å². The van der Waals surface area contributed by atoms with E-state index in [0.717, 1.165) is 18.8 Å². The van der Waals surface area contributed by atoms with Gasteiger partial charge in [0.25, 0.3) is 0 Å². The zero-order valence-electron chi connectivity index (χ0n) is 11.7. The van der Waals surface area contributed by atoms with E-state index < -0.39 is 0 Å². The molecule has 0 bridgehead atoms. The van der Waals surface area contributed by atoms with Crippen LogP contribution < -0.4 is 10.2 Å². The molecule has 1 aromatic rings. The van der Waals surface area contributed by atoms with Crippen molar-refractivity contribution in [1.29, 1.82) is 0 Å². The van der Waals surface area contributed by atoms with Crippen molar-refractivity contribution in [2.24, 2.45) is 0 Å². The zero-order chi connectivity index (χ0) is 12.8. The van der Waals surface area contributed by atoms with Crippen molar-refractivity contribution in [3.8, 4) is 0 Å². The lowest BCUT2D eigenvalue weighted by atomic mass is 10.2. The molecule has 0 radical (unpaired) electrons. The molecule has 1 rings (SSSR count). The molecule has 1 N–H and O–H groups in total. The van der Waals surface area contributed by atoms with Crippen LogP contribution in [0.15, 0.2) is 18.3 Å². The highest BCUT2D eigenvalue weighted by atomic mass is 15.2. The Morgan fingerprint density at radius 1 is 1.35 bits per heavy atom. The lowest BCUT2D eigenvalue weighted by Crippen LogP contribution is -2.31. The van der Waals surface area contributed by atoms with Crippen molar-refractivity contribution in [3.63, 3.8) is 0 Å². The Kier molecular flexibility index (Phi) is 5.42. The van der Waals surface area contributed by atoms with Crippen LogP contribution in [0.5, 0.6) is 0 Å². The van der Waals surface area contributed by atoms with Crippen molar-refractivity contribution < 1.29 is 0 Å². The van der Waals surface area contributed by atoms with Crippen LogP contribution in [0.3, 0.4) is 0 Å². The third-order valence-corrected chi connectivity index (χ3v) is 3.15. The number of hydrogen-bond acceptors (Lipinski definition) is 3. The lowest BCUT2D eigenvalue weighted by Gasteiger charge is -2.27. The molecule has 1 unspecified atom stereocenters. The second kappa shape index (κ2) is 6.60. The maximum absolute atomic E-state index is 4.51. The van der Waals surface area contributed by atoms with E-state index in [1.54, 1.807) is 0 Å². The summed E-state index contributed by atoms with van der Waals surface area (Å²) in [6, 6.07) is 5.17. The first-order valence-electron chi connectivity index (χ1n) is 6.46. The summed E-state index contributed by atoms with van der Waals surface area (Å²) in [5.74, 6) is 1.09. The van der Waals surface area contributed by atoms with Gasteiger partial charge in [-0.25, -0.2) is 4.98 Å². The molecule has 96 valence electrons. The normalized spacial score (nSPS) is 12.8. The van der Waals surface area contributed by atoms with Gasteiger partial charge in [-0.15, -0.1) is 0 Å². The molecular weight excluding hydrogens is 210 g/mol. The summed E-state index contributed by atoms with van der Waals surface area (Å²) >= 11 is 0. The van der Waals surface area contributed by atoms with Crippen molar-refractivity contribution in [3.05, 3.63) is 23.9 Å². The minimum Gasteiger partial charge on any atom is -0.357 e. The van der Waals surface area contributed by atoms with Crippen LogP contribution in [-0.4, -0.2) is 24.1 Å². The SMILES string of the molecule is CCC(C)N(C)c1ncccc1CNC(C)C. The summed E-state index contributed by atoms with van der Waals surface area (Å²) in [6.07, 6.45) is 3.00. The van der Waals surface area contributed by atoms with Gasteiger partial charge in [0, 0.05) is 37.4 Å². The van der Waals surface area contributed by atoms with Crippen molar-refractivity contribution in [2.45, 2.75) is 52.7 Å². The quantitative estimate of drug-likeness (QED) is 0.822. The van der Waals surface area contributed by atoms with Gasteiger partial charge in [-0.05, 0) is 19.4 Å². The summed E-state index contributed by atoms with van der Waals surface area (Å²) in [5.41, 5.74) is 1.27. The standard InChI is InChI=1S/C14H25N3/c1-6-12(4)17(5)14-13(8-7-9-15-14)10-16-11(2)3/h7-9,11-12,16H,6,10H2,1-5H3. The van der Waals surface area contributed by atoms with E-state index >= 15 is 0 Å². The Morgan fingerprint density at radius 2 is 2.06 bits per heavy atom. The predicted octanol–water partition coefficient (Wildman–Crippen LogP) is 2.81. The Hall–Kier alpha value is -1.09. The molecule has 0 aromatic carbocycles. The summed E-state index contributed by atoms with van der Waals surface area (Å²) in [4.78, 5) is 6.77. The van der Waals surface area contributed by atoms with Gasteiger partial charge in [-0.3, -0.25) is 0 Å². The number of hydrogen-bond donors (Lipinski definition) is 1. The highest BCUT2D eigenvalue weighted by molar-refractivity contribution is 5.46. The van der Waals surface area contributed by atoms with Crippen molar-refractivity contribution in [1.82, 2.24) is 10.3 Å². The van der Waals surface area contributed by atoms with E-state index in [1.807, 2.05) is 12.3 Å². The molecule has 0 saturated heterocycles. The molecule has 0 amide bonds. The minimum atomic E-state index is 0.497. The number of aromatic nitrogens is 1. The first-order valence-corrected chi connectivity index (χ1v) is 6.46. The number of anilines is 1. The zero-order valence-corrected chi connectivity index (χ0v) is 11.7. The highest BCUT2D eigenvalue weighted by Gasteiger charge is 2.13. The Labute approximate surface area is 105 Å². The first-order chi connectivity index (χ1) is 8.06. The first kappa shape index (κ1) is 14.0. The molecule has 0 fully saturated rings. The molecule has 0 aliphatic rings. The van der Waals surface area contributed by atoms with Crippen LogP contribution in [0.1, 0.15) is 39.7 Å². The van der Waals surface area contributed by atoms with Gasteiger partial charge in [0.15, 0.2) is 0 Å². The van der Waals surface area contributed by atoms with Crippen LogP contribution in [0.25, 0.3) is 0 Å². The van der Waals surface area contributed by atoms with Gasteiger partial charge in [0.2, 0.25) is 0 Å². The van der Waals surface area contributed by atoms with Crippen LogP contribution in [0, 0.1) is 0 Å². The Balaban J connectivity index is 2.83. The summed E-state index contributed by atoms with van der Waals surface area (Å²) in [6.45, 7) is 9.63. The van der Waals surface area contributed by atoms with Gasteiger partial charge in [-0.2, -0.15) is 0 Å². The monoisotopic (exact) mass is 235 g/mol. The summed E-state index contributed by atoms with van der Waals surface area (Å²) in [5, 5.41) is 3.45. The summed E-state index contributed by atoms with van der Waals surface area (Å²) in [7, 11) is 2.12. The maximum Gasteiger partial charge on any atom is 0.132 e. The fraction of sp³-hybridized carbons (Fsp3) is 0.643. The molecule has 1 heterocycles. The third kappa shape index (κ3) is 4.00. The lowest BCUT2D eigenvalue weighted by molar-refractivity contribution is 0.583. The van der Waals surface area contributed by atoms with E-state index in [2.05, 4.69) is 56.0 Å². The molecule has 1 aromatic heterocycles. The van der Waals surface area contributed by atoms with Crippen LogP contribution in [0.2, 0.25) is 0 Å². The fourth-order valence-electron chi connectivity index (χ4n) is 1.68. The average molecular weight is 235 g/mol. The number of rotatable bonds is 6. The molecule has 3 nitrogen and oxygen atoms in total. The molecule has 0 saturated carbocycles. The van der Waals surface area contributed by atoms with Crippen molar-refractivity contribution >= 4 is 5.82 Å². The largest absolute Gasteiger partial charge is 0.357 e. The van der Waals surface area contributed by atoms with E-state index in [0.29, 0.717) is 12.1 Å². The van der Waals surface area contributed by atoms with E-state index in [9.17, 15) is 0 Å². The molecule has 1 atom stereocenters. The van der Waals surface area contributed by atoms with Crippen molar-refractivity contribution in [2.75, 3.05) is 11.9 Å². The third-order valence-electron chi connectivity index (χ3n) is 3.15. The smallest absolute Gasteiger partial charge is 0.132 e. The molecule has 3 heteroatoms. The molecular formula is C14H25N3. The second-order valence-corrected chi connectivity index (χ2v) is 4.89.